The second-order valence-corrected chi connectivity index (χ2v) is 3.90. The lowest BCUT2D eigenvalue weighted by Gasteiger charge is -2.32. The summed E-state index contributed by atoms with van der Waals surface area (Å²) in [6.45, 7) is 5.12. The van der Waals surface area contributed by atoms with Gasteiger partial charge < -0.3 is 20.3 Å². The molecular weight excluding hydrogens is 222 g/mol. The second kappa shape index (κ2) is 6.78. The summed E-state index contributed by atoms with van der Waals surface area (Å²) in [7, 11) is 1.36. The van der Waals surface area contributed by atoms with E-state index in [1.165, 1.54) is 7.11 Å². The summed E-state index contributed by atoms with van der Waals surface area (Å²) in [5.41, 5.74) is 0. The third kappa shape index (κ3) is 4.34. The summed E-state index contributed by atoms with van der Waals surface area (Å²) >= 11 is 0. The van der Waals surface area contributed by atoms with Crippen molar-refractivity contribution in [1.82, 2.24) is 15.5 Å². The minimum atomic E-state index is -0.344. The van der Waals surface area contributed by atoms with Crippen LogP contribution < -0.4 is 10.6 Å². The summed E-state index contributed by atoms with van der Waals surface area (Å²) in [6.07, 6.45) is 3.00. The van der Waals surface area contributed by atoms with Gasteiger partial charge in [-0.3, -0.25) is 0 Å². The molecule has 1 aliphatic heterocycles. The summed E-state index contributed by atoms with van der Waals surface area (Å²) in [5.74, 6) is 0. The third-order valence-electron chi connectivity index (χ3n) is 2.60. The van der Waals surface area contributed by atoms with Gasteiger partial charge in [-0.05, 0) is 12.8 Å². The lowest BCUT2D eigenvalue weighted by atomic mass is 10.1. The number of nitrogens with zero attached hydrogens (tertiary/aromatic N) is 1. The van der Waals surface area contributed by atoms with Crippen molar-refractivity contribution in [3.8, 4) is 0 Å². The van der Waals surface area contributed by atoms with E-state index < -0.39 is 0 Å². The van der Waals surface area contributed by atoms with E-state index >= 15 is 0 Å². The number of hydrogen-bond donors (Lipinski definition) is 2. The molecular formula is C11H19N3O3. The Hall–Kier alpha value is -1.72. The second-order valence-electron chi connectivity index (χ2n) is 3.90. The molecule has 0 aromatic rings. The van der Waals surface area contributed by atoms with Crippen LogP contribution in [0.4, 0.5) is 9.59 Å². The zero-order chi connectivity index (χ0) is 12.7. The number of methoxy groups -OCH3 is 1. The highest BCUT2D eigenvalue weighted by Crippen LogP contribution is 2.10. The first kappa shape index (κ1) is 13.3. The molecule has 1 saturated heterocycles. The molecule has 0 aromatic heterocycles. The molecule has 6 heteroatoms. The normalized spacial score (nSPS) is 19.4. The smallest absolute Gasteiger partial charge is 0.409 e. The molecule has 1 aliphatic rings. The fourth-order valence-corrected chi connectivity index (χ4v) is 1.79. The van der Waals surface area contributed by atoms with Crippen LogP contribution in [0.1, 0.15) is 12.8 Å². The molecule has 0 aliphatic carbocycles. The zero-order valence-corrected chi connectivity index (χ0v) is 10.1. The summed E-state index contributed by atoms with van der Waals surface area (Å²) < 4.78 is 4.65. The molecule has 2 N–H and O–H groups in total. The van der Waals surface area contributed by atoms with Gasteiger partial charge in [-0.1, -0.05) is 6.08 Å². The van der Waals surface area contributed by atoms with Gasteiger partial charge in [0.15, 0.2) is 0 Å². The topological polar surface area (TPSA) is 70.7 Å². The Labute approximate surface area is 101 Å². The van der Waals surface area contributed by atoms with Crippen LogP contribution in [0.2, 0.25) is 0 Å². The van der Waals surface area contributed by atoms with E-state index in [2.05, 4.69) is 21.9 Å². The first-order chi connectivity index (χ1) is 8.17. The van der Waals surface area contributed by atoms with Gasteiger partial charge in [0.2, 0.25) is 0 Å². The van der Waals surface area contributed by atoms with E-state index in [9.17, 15) is 9.59 Å². The number of amides is 3. The van der Waals surface area contributed by atoms with E-state index in [0.29, 0.717) is 19.6 Å². The number of nitrogens with one attached hydrogen (secondary N) is 2. The minimum Gasteiger partial charge on any atom is -0.453 e. The summed E-state index contributed by atoms with van der Waals surface area (Å²) in [6, 6.07) is -0.255. The number of ether oxygens (including phenoxy) is 1. The van der Waals surface area contributed by atoms with E-state index in [0.717, 1.165) is 12.8 Å². The summed E-state index contributed by atoms with van der Waals surface area (Å²) in [4.78, 5) is 24.3. The molecule has 0 aromatic carbocycles. The van der Waals surface area contributed by atoms with Crippen LogP contribution in [-0.2, 0) is 4.74 Å². The molecule has 1 rings (SSSR count). The Morgan fingerprint density at radius 3 is 3.00 bits per heavy atom. The average Bonchev–Trinajstić information content (AvgIpc) is 2.35. The van der Waals surface area contributed by atoms with Gasteiger partial charge >= 0.3 is 12.1 Å². The van der Waals surface area contributed by atoms with Crippen molar-refractivity contribution in [1.29, 1.82) is 0 Å². The Bertz CT molecular complexity index is 294. The highest BCUT2D eigenvalue weighted by molar-refractivity contribution is 5.74. The Kier molecular flexibility index (Phi) is 5.32. The fraction of sp³-hybridized carbons (Fsp3) is 0.636. The lowest BCUT2D eigenvalue weighted by Crippen LogP contribution is -2.51. The van der Waals surface area contributed by atoms with Gasteiger partial charge in [-0.15, -0.1) is 6.58 Å². The molecule has 0 spiro atoms. The van der Waals surface area contributed by atoms with Gasteiger partial charge in [0.05, 0.1) is 7.11 Å². The molecule has 1 heterocycles. The van der Waals surface area contributed by atoms with Gasteiger partial charge in [0.25, 0.3) is 0 Å². The van der Waals surface area contributed by atoms with Gasteiger partial charge in [0.1, 0.15) is 0 Å². The molecule has 96 valence electrons. The maximum Gasteiger partial charge on any atom is 0.409 e. The molecule has 6 nitrogen and oxygen atoms in total. The molecule has 0 saturated carbocycles. The van der Waals surface area contributed by atoms with Crippen LogP contribution in [-0.4, -0.2) is 49.8 Å². The molecule has 0 bridgehead atoms. The number of rotatable bonds is 3. The zero-order valence-electron chi connectivity index (χ0n) is 10.1. The van der Waals surface area contributed by atoms with Crippen LogP contribution in [0.3, 0.4) is 0 Å². The average molecular weight is 241 g/mol. The number of carbonyl (C=O) groups excluding carboxylic acids is 2. The van der Waals surface area contributed by atoms with Crippen LogP contribution in [0.5, 0.6) is 0 Å². The standard InChI is InChI=1S/C11H19N3O3/c1-3-6-12-10(15)13-9-5-4-7-14(8-9)11(16)17-2/h3,9H,1,4-8H2,2H3,(H2,12,13,15). The SMILES string of the molecule is C=CCNC(=O)NC1CCCN(C(=O)OC)C1. The molecule has 1 atom stereocenters. The molecule has 17 heavy (non-hydrogen) atoms. The maximum absolute atomic E-state index is 11.4. The number of piperidine rings is 1. The first-order valence-corrected chi connectivity index (χ1v) is 5.65. The van der Waals surface area contributed by atoms with Crippen LogP contribution >= 0.6 is 0 Å². The van der Waals surface area contributed by atoms with Crippen molar-refractivity contribution < 1.29 is 14.3 Å². The van der Waals surface area contributed by atoms with E-state index in [1.54, 1.807) is 11.0 Å². The van der Waals surface area contributed by atoms with Crippen molar-refractivity contribution in [2.24, 2.45) is 0 Å². The van der Waals surface area contributed by atoms with Crippen LogP contribution in [0.25, 0.3) is 0 Å². The van der Waals surface area contributed by atoms with Crippen LogP contribution in [0, 0.1) is 0 Å². The van der Waals surface area contributed by atoms with Crippen LogP contribution in [0.15, 0.2) is 12.7 Å². The number of hydrogen-bond acceptors (Lipinski definition) is 3. The number of carbonyl (C=O) groups is 2. The maximum atomic E-state index is 11.4. The van der Waals surface area contributed by atoms with E-state index in [1.807, 2.05) is 0 Å². The van der Waals surface area contributed by atoms with Gasteiger partial charge in [-0.2, -0.15) is 0 Å². The predicted molar refractivity (Wildman–Crippen MR) is 63.7 cm³/mol. The lowest BCUT2D eigenvalue weighted by molar-refractivity contribution is 0.108. The predicted octanol–water partition coefficient (Wildman–Crippen LogP) is 0.702. The first-order valence-electron chi connectivity index (χ1n) is 5.65. The third-order valence-corrected chi connectivity index (χ3v) is 2.60. The highest BCUT2D eigenvalue weighted by atomic mass is 16.5. The van der Waals surface area contributed by atoms with Gasteiger partial charge in [-0.25, -0.2) is 9.59 Å². The Morgan fingerprint density at radius 1 is 1.59 bits per heavy atom. The molecule has 1 unspecified atom stereocenters. The Balaban J connectivity index is 2.36. The van der Waals surface area contributed by atoms with Crippen molar-refractivity contribution in [2.45, 2.75) is 18.9 Å². The van der Waals surface area contributed by atoms with Crippen molar-refractivity contribution in [3.05, 3.63) is 12.7 Å². The quantitative estimate of drug-likeness (QED) is 0.715. The van der Waals surface area contributed by atoms with Crippen molar-refractivity contribution in [2.75, 3.05) is 26.7 Å². The summed E-state index contributed by atoms with van der Waals surface area (Å²) in [5, 5.41) is 5.45. The molecule has 3 amide bonds. The van der Waals surface area contributed by atoms with E-state index in [4.69, 9.17) is 0 Å². The fourth-order valence-electron chi connectivity index (χ4n) is 1.79. The Morgan fingerprint density at radius 2 is 2.35 bits per heavy atom. The van der Waals surface area contributed by atoms with Crippen molar-refractivity contribution in [3.63, 3.8) is 0 Å². The molecule has 0 radical (unpaired) electrons. The van der Waals surface area contributed by atoms with E-state index in [-0.39, 0.29) is 18.2 Å². The monoisotopic (exact) mass is 241 g/mol. The highest BCUT2D eigenvalue weighted by Gasteiger charge is 2.24. The van der Waals surface area contributed by atoms with Crippen molar-refractivity contribution >= 4 is 12.1 Å². The van der Waals surface area contributed by atoms with Gasteiger partial charge in [0, 0.05) is 25.7 Å². The number of urea groups is 1. The minimum absolute atomic E-state index is 0.0207. The largest absolute Gasteiger partial charge is 0.453 e. The molecule has 1 fully saturated rings. The number of likely N-dealkylation sites (tertiary alicyclic amines) is 1.